The number of nitrogens with zero attached hydrogens (tertiary/aromatic N) is 1. The van der Waals surface area contributed by atoms with Crippen molar-refractivity contribution in [1.29, 1.82) is 0 Å². The molecule has 0 aromatic heterocycles. The molecule has 1 N–H and O–H groups in total. The Bertz CT molecular complexity index is 599. The standard InChI is InChI=1S/C18H23NO5/c1-13-15(16(20)24-13)19(17(21)22)18(11-23-12-18)10-6-5-9-14-7-3-2-4-8-14/h2-4,7-8,13,15H,5-6,9-12H2,1H3,(H,21,22)/t13-,15+/m0/s1. The Labute approximate surface area is 141 Å². The summed E-state index contributed by atoms with van der Waals surface area (Å²) in [6, 6.07) is 9.52. The maximum atomic E-state index is 11.8. The Morgan fingerprint density at radius 3 is 2.50 bits per heavy atom. The normalized spacial score (nSPS) is 24.5. The van der Waals surface area contributed by atoms with Crippen LogP contribution < -0.4 is 0 Å². The summed E-state index contributed by atoms with van der Waals surface area (Å²) in [5, 5.41) is 9.64. The Balaban J connectivity index is 1.60. The van der Waals surface area contributed by atoms with Crippen LogP contribution in [-0.2, 0) is 20.7 Å². The van der Waals surface area contributed by atoms with E-state index in [0.29, 0.717) is 19.6 Å². The Hall–Kier alpha value is -2.08. The molecule has 24 heavy (non-hydrogen) atoms. The molecule has 2 saturated heterocycles. The number of unbranched alkanes of at least 4 members (excludes halogenated alkanes) is 1. The lowest BCUT2D eigenvalue weighted by atomic mass is 9.85. The van der Waals surface area contributed by atoms with Crippen LogP contribution in [0.3, 0.4) is 0 Å². The van der Waals surface area contributed by atoms with Crippen LogP contribution in [0.15, 0.2) is 30.3 Å². The number of ether oxygens (including phenoxy) is 2. The highest BCUT2D eigenvalue weighted by molar-refractivity contribution is 5.86. The Morgan fingerprint density at radius 1 is 1.29 bits per heavy atom. The van der Waals surface area contributed by atoms with Crippen molar-refractivity contribution in [2.24, 2.45) is 0 Å². The zero-order chi connectivity index (χ0) is 17.2. The first-order valence-electron chi connectivity index (χ1n) is 8.38. The number of carbonyl (C=O) groups is 2. The first-order valence-corrected chi connectivity index (χ1v) is 8.38. The minimum Gasteiger partial charge on any atom is -0.465 e. The van der Waals surface area contributed by atoms with Gasteiger partial charge in [0.25, 0.3) is 0 Å². The van der Waals surface area contributed by atoms with Crippen molar-refractivity contribution in [3.05, 3.63) is 35.9 Å². The number of cyclic esters (lactones) is 1. The zero-order valence-corrected chi connectivity index (χ0v) is 13.8. The second-order valence-corrected chi connectivity index (χ2v) is 6.65. The summed E-state index contributed by atoms with van der Waals surface area (Å²) in [6.07, 6.45) is 2.06. The third kappa shape index (κ3) is 3.11. The summed E-state index contributed by atoms with van der Waals surface area (Å²) in [5.41, 5.74) is 0.684. The number of esters is 1. The van der Waals surface area contributed by atoms with Crippen molar-refractivity contribution in [1.82, 2.24) is 4.90 Å². The van der Waals surface area contributed by atoms with Crippen molar-refractivity contribution in [2.45, 2.75) is 50.3 Å². The molecule has 0 aliphatic carbocycles. The van der Waals surface area contributed by atoms with E-state index in [1.54, 1.807) is 6.92 Å². The Kier molecular flexibility index (Phi) is 4.76. The van der Waals surface area contributed by atoms with E-state index in [1.165, 1.54) is 10.5 Å². The fourth-order valence-corrected chi connectivity index (χ4v) is 3.54. The smallest absolute Gasteiger partial charge is 0.408 e. The van der Waals surface area contributed by atoms with Crippen molar-refractivity contribution in [3.8, 4) is 0 Å². The summed E-state index contributed by atoms with van der Waals surface area (Å²) in [6.45, 7) is 2.42. The molecule has 2 atom stereocenters. The molecule has 0 saturated carbocycles. The predicted molar refractivity (Wildman–Crippen MR) is 86.8 cm³/mol. The van der Waals surface area contributed by atoms with E-state index in [4.69, 9.17) is 9.47 Å². The zero-order valence-electron chi connectivity index (χ0n) is 13.8. The number of benzene rings is 1. The number of carbonyl (C=O) groups excluding carboxylic acids is 1. The van der Waals surface area contributed by atoms with Crippen molar-refractivity contribution >= 4 is 12.1 Å². The first kappa shape index (κ1) is 16.8. The van der Waals surface area contributed by atoms with Gasteiger partial charge in [-0.1, -0.05) is 36.8 Å². The number of amides is 1. The number of hydrogen-bond donors (Lipinski definition) is 1. The van der Waals surface area contributed by atoms with E-state index in [9.17, 15) is 14.7 Å². The van der Waals surface area contributed by atoms with Gasteiger partial charge in [-0.15, -0.1) is 0 Å². The molecule has 1 amide bonds. The van der Waals surface area contributed by atoms with Gasteiger partial charge in [-0.2, -0.15) is 0 Å². The number of carboxylic acid groups (broad SMARTS) is 1. The summed E-state index contributed by atoms with van der Waals surface area (Å²) < 4.78 is 10.3. The monoisotopic (exact) mass is 333 g/mol. The van der Waals surface area contributed by atoms with E-state index >= 15 is 0 Å². The molecule has 130 valence electrons. The Morgan fingerprint density at radius 2 is 2.00 bits per heavy atom. The van der Waals surface area contributed by atoms with Gasteiger partial charge in [-0.25, -0.2) is 9.59 Å². The van der Waals surface area contributed by atoms with Crippen molar-refractivity contribution < 1.29 is 24.2 Å². The van der Waals surface area contributed by atoms with Crippen LogP contribution in [0.5, 0.6) is 0 Å². The molecule has 6 nitrogen and oxygen atoms in total. The number of rotatable bonds is 7. The van der Waals surface area contributed by atoms with E-state index in [-0.39, 0.29) is 0 Å². The maximum absolute atomic E-state index is 11.8. The molecule has 0 radical (unpaired) electrons. The van der Waals surface area contributed by atoms with Crippen LogP contribution in [0.1, 0.15) is 31.7 Å². The van der Waals surface area contributed by atoms with Gasteiger partial charge >= 0.3 is 12.1 Å². The van der Waals surface area contributed by atoms with Crippen LogP contribution in [0.25, 0.3) is 0 Å². The van der Waals surface area contributed by atoms with Gasteiger partial charge < -0.3 is 14.6 Å². The van der Waals surface area contributed by atoms with E-state index in [1.807, 2.05) is 18.2 Å². The average Bonchev–Trinajstić information content (AvgIpc) is 2.52. The number of hydrogen-bond acceptors (Lipinski definition) is 4. The van der Waals surface area contributed by atoms with Crippen LogP contribution in [0.4, 0.5) is 4.79 Å². The second-order valence-electron chi connectivity index (χ2n) is 6.65. The minimum atomic E-state index is -1.07. The summed E-state index contributed by atoms with van der Waals surface area (Å²) in [7, 11) is 0. The molecule has 2 aliphatic rings. The lowest BCUT2D eigenvalue weighted by molar-refractivity contribution is -0.208. The second kappa shape index (κ2) is 6.81. The molecule has 6 heteroatoms. The van der Waals surface area contributed by atoms with Crippen LogP contribution in [-0.4, -0.2) is 53.0 Å². The fraction of sp³-hybridized carbons (Fsp3) is 0.556. The van der Waals surface area contributed by atoms with Gasteiger partial charge in [0.15, 0.2) is 6.04 Å². The van der Waals surface area contributed by atoms with E-state index in [2.05, 4.69) is 12.1 Å². The SMILES string of the molecule is C[C@@H]1OC(=O)[C@@H]1N(C(=O)O)C1(CCCCc2ccccc2)COC1. The van der Waals surface area contributed by atoms with Gasteiger partial charge in [0.05, 0.1) is 18.8 Å². The highest BCUT2D eigenvalue weighted by atomic mass is 16.6. The van der Waals surface area contributed by atoms with Gasteiger partial charge in [-0.3, -0.25) is 4.90 Å². The molecular weight excluding hydrogens is 310 g/mol. The highest BCUT2D eigenvalue weighted by Gasteiger charge is 2.56. The summed E-state index contributed by atoms with van der Waals surface area (Å²) in [5.74, 6) is -0.458. The molecular formula is C18H23NO5. The molecule has 0 spiro atoms. The van der Waals surface area contributed by atoms with Crippen molar-refractivity contribution in [2.75, 3.05) is 13.2 Å². The molecule has 0 unspecified atom stereocenters. The van der Waals surface area contributed by atoms with E-state index < -0.39 is 29.7 Å². The molecule has 3 rings (SSSR count). The molecule has 2 aliphatic heterocycles. The summed E-state index contributed by atoms with van der Waals surface area (Å²) >= 11 is 0. The third-order valence-corrected chi connectivity index (χ3v) is 4.93. The largest absolute Gasteiger partial charge is 0.465 e. The van der Waals surface area contributed by atoms with Gasteiger partial charge in [0.1, 0.15) is 6.10 Å². The minimum absolute atomic E-state index is 0.348. The molecule has 1 aromatic carbocycles. The molecule has 0 bridgehead atoms. The maximum Gasteiger partial charge on any atom is 0.408 e. The van der Waals surface area contributed by atoms with E-state index in [0.717, 1.165) is 19.3 Å². The molecule has 2 heterocycles. The van der Waals surface area contributed by atoms with Crippen molar-refractivity contribution in [3.63, 3.8) is 0 Å². The predicted octanol–water partition coefficient (Wildman–Crippen LogP) is 2.46. The van der Waals surface area contributed by atoms with Gasteiger partial charge in [-0.05, 0) is 31.7 Å². The van der Waals surface area contributed by atoms with Gasteiger partial charge in [0.2, 0.25) is 0 Å². The van der Waals surface area contributed by atoms with Crippen LogP contribution >= 0.6 is 0 Å². The van der Waals surface area contributed by atoms with Gasteiger partial charge in [0, 0.05) is 0 Å². The highest BCUT2D eigenvalue weighted by Crippen LogP contribution is 2.36. The van der Waals surface area contributed by atoms with Crippen LogP contribution in [0, 0.1) is 0 Å². The topological polar surface area (TPSA) is 76.1 Å². The summed E-state index contributed by atoms with van der Waals surface area (Å²) in [4.78, 5) is 24.8. The quantitative estimate of drug-likeness (QED) is 0.613. The average molecular weight is 333 g/mol. The molecule has 1 aromatic rings. The molecule has 2 fully saturated rings. The lowest BCUT2D eigenvalue weighted by Crippen LogP contribution is -2.73. The van der Waals surface area contributed by atoms with Crippen LogP contribution in [0.2, 0.25) is 0 Å². The lowest BCUT2D eigenvalue weighted by Gasteiger charge is -2.53. The fourth-order valence-electron chi connectivity index (χ4n) is 3.54. The first-order chi connectivity index (χ1) is 11.5. The number of aryl methyl sites for hydroxylation is 1. The third-order valence-electron chi connectivity index (χ3n) is 4.93.